The van der Waals surface area contributed by atoms with Crippen LogP contribution >= 0.6 is 0 Å². The number of anilines is 1. The Morgan fingerprint density at radius 1 is 1.24 bits per heavy atom. The van der Waals surface area contributed by atoms with E-state index in [4.69, 9.17) is 5.73 Å². The molecule has 1 heterocycles. The van der Waals surface area contributed by atoms with Crippen LogP contribution in [0.15, 0.2) is 35.1 Å². The summed E-state index contributed by atoms with van der Waals surface area (Å²) in [4.78, 5) is 25.3. The zero-order valence-electron chi connectivity index (χ0n) is 14.9. The average molecular weight is 342 g/mol. The molecule has 1 aliphatic rings. The highest BCUT2D eigenvalue weighted by atomic mass is 16.2. The first-order valence-corrected chi connectivity index (χ1v) is 8.88. The fraction of sp³-hybridized carbons (Fsp3) is 0.474. The number of amides is 1. The highest BCUT2D eigenvalue weighted by Crippen LogP contribution is 2.26. The van der Waals surface area contributed by atoms with Crippen molar-refractivity contribution in [2.24, 2.45) is 18.7 Å². The Morgan fingerprint density at radius 3 is 2.60 bits per heavy atom. The van der Waals surface area contributed by atoms with E-state index in [1.165, 1.54) is 0 Å². The van der Waals surface area contributed by atoms with E-state index in [0.29, 0.717) is 12.1 Å². The number of hydrogen-bond donors (Lipinski definition) is 2. The lowest BCUT2D eigenvalue weighted by Gasteiger charge is -2.27. The minimum atomic E-state index is -0.215. The predicted octanol–water partition coefficient (Wildman–Crippen LogP) is 2.33. The molecule has 3 N–H and O–H groups in total. The molecule has 0 aliphatic heterocycles. The van der Waals surface area contributed by atoms with Crippen LogP contribution in [0, 0.1) is 12.8 Å². The molecule has 2 aromatic rings. The van der Waals surface area contributed by atoms with E-state index in [1.807, 2.05) is 44.3 Å². The molecule has 6 nitrogen and oxygen atoms in total. The molecule has 1 saturated carbocycles. The standard InChI is InChI=1S/C19H26N4O2/c1-13-18(21-17(24)12-14-8-6-7-11-16(14)20)19(25)23(22(13)2)15-9-4-3-5-10-15/h3-5,9-10,14,16H,6-8,11-12,20H2,1-2H3,(H,21,24). The first kappa shape index (κ1) is 17.5. The first-order chi connectivity index (χ1) is 12.0. The lowest BCUT2D eigenvalue weighted by Crippen LogP contribution is -2.35. The van der Waals surface area contributed by atoms with E-state index in [-0.39, 0.29) is 23.4 Å². The van der Waals surface area contributed by atoms with E-state index < -0.39 is 0 Å². The highest BCUT2D eigenvalue weighted by Gasteiger charge is 2.25. The Balaban J connectivity index is 1.81. The van der Waals surface area contributed by atoms with Crippen LogP contribution in [-0.4, -0.2) is 21.3 Å². The third-order valence-corrected chi connectivity index (χ3v) is 5.23. The molecule has 25 heavy (non-hydrogen) atoms. The van der Waals surface area contributed by atoms with Gasteiger partial charge in [0, 0.05) is 19.5 Å². The summed E-state index contributed by atoms with van der Waals surface area (Å²) in [7, 11) is 1.82. The third-order valence-electron chi connectivity index (χ3n) is 5.23. The molecule has 0 spiro atoms. The summed E-state index contributed by atoms with van der Waals surface area (Å²) in [6.45, 7) is 1.84. The molecular formula is C19H26N4O2. The lowest BCUT2D eigenvalue weighted by molar-refractivity contribution is -0.117. The van der Waals surface area contributed by atoms with Gasteiger partial charge in [-0.05, 0) is 37.8 Å². The summed E-state index contributed by atoms with van der Waals surface area (Å²) in [5.41, 5.74) is 7.77. The summed E-state index contributed by atoms with van der Waals surface area (Å²) >= 11 is 0. The summed E-state index contributed by atoms with van der Waals surface area (Å²) in [5, 5.41) is 2.83. The molecule has 2 atom stereocenters. The van der Waals surface area contributed by atoms with Crippen molar-refractivity contribution in [3.63, 3.8) is 0 Å². The fourth-order valence-corrected chi connectivity index (χ4v) is 3.63. The van der Waals surface area contributed by atoms with Gasteiger partial charge in [-0.3, -0.25) is 14.3 Å². The summed E-state index contributed by atoms with van der Waals surface area (Å²) in [5.74, 6) is 0.0717. The number of hydrogen-bond acceptors (Lipinski definition) is 3. The van der Waals surface area contributed by atoms with Gasteiger partial charge in [-0.15, -0.1) is 0 Å². The average Bonchev–Trinajstić information content (AvgIpc) is 2.81. The number of para-hydroxylation sites is 1. The maximum Gasteiger partial charge on any atom is 0.295 e. The monoisotopic (exact) mass is 342 g/mol. The van der Waals surface area contributed by atoms with Crippen molar-refractivity contribution >= 4 is 11.6 Å². The maximum atomic E-state index is 12.8. The molecule has 2 unspecified atom stereocenters. The van der Waals surface area contributed by atoms with Gasteiger partial charge in [-0.2, -0.15) is 0 Å². The SMILES string of the molecule is Cc1c(NC(=O)CC2CCCCC2N)c(=O)n(-c2ccccc2)n1C. The minimum absolute atomic E-state index is 0.0809. The third kappa shape index (κ3) is 3.54. The van der Waals surface area contributed by atoms with Crippen LogP contribution in [-0.2, 0) is 11.8 Å². The van der Waals surface area contributed by atoms with Crippen molar-refractivity contribution in [1.29, 1.82) is 0 Å². The fourth-order valence-electron chi connectivity index (χ4n) is 3.63. The lowest BCUT2D eigenvalue weighted by atomic mass is 9.83. The van der Waals surface area contributed by atoms with Gasteiger partial charge in [0.25, 0.3) is 5.56 Å². The van der Waals surface area contributed by atoms with Crippen LogP contribution in [0.1, 0.15) is 37.8 Å². The molecule has 0 bridgehead atoms. The minimum Gasteiger partial charge on any atom is -0.327 e. The number of nitrogens with two attached hydrogens (primary N) is 1. The second-order valence-corrected chi connectivity index (χ2v) is 6.90. The van der Waals surface area contributed by atoms with Crippen LogP contribution in [0.4, 0.5) is 5.69 Å². The zero-order valence-corrected chi connectivity index (χ0v) is 14.9. The normalized spacial score (nSPS) is 20.4. The quantitative estimate of drug-likeness (QED) is 0.895. The summed E-state index contributed by atoms with van der Waals surface area (Å²) < 4.78 is 3.33. The molecule has 3 rings (SSSR count). The van der Waals surface area contributed by atoms with E-state index in [2.05, 4.69) is 5.32 Å². The van der Waals surface area contributed by atoms with Crippen molar-refractivity contribution in [2.75, 3.05) is 5.32 Å². The topological polar surface area (TPSA) is 82.1 Å². The van der Waals surface area contributed by atoms with Gasteiger partial charge in [-0.25, -0.2) is 4.68 Å². The van der Waals surface area contributed by atoms with Gasteiger partial charge in [0.2, 0.25) is 5.91 Å². The maximum absolute atomic E-state index is 12.8. The van der Waals surface area contributed by atoms with E-state index in [1.54, 1.807) is 9.36 Å². The van der Waals surface area contributed by atoms with E-state index >= 15 is 0 Å². The van der Waals surface area contributed by atoms with Crippen LogP contribution < -0.4 is 16.6 Å². The van der Waals surface area contributed by atoms with Crippen molar-refractivity contribution in [3.8, 4) is 5.69 Å². The Morgan fingerprint density at radius 2 is 1.92 bits per heavy atom. The van der Waals surface area contributed by atoms with Crippen LogP contribution in [0.3, 0.4) is 0 Å². The number of rotatable bonds is 4. The molecule has 1 fully saturated rings. The Kier molecular flexibility index (Phi) is 5.08. The van der Waals surface area contributed by atoms with Gasteiger partial charge in [0.15, 0.2) is 0 Å². The van der Waals surface area contributed by atoms with Crippen molar-refractivity contribution in [1.82, 2.24) is 9.36 Å². The number of nitrogens with zero attached hydrogens (tertiary/aromatic N) is 2. The number of aromatic nitrogens is 2. The van der Waals surface area contributed by atoms with Crippen molar-refractivity contribution in [2.45, 2.75) is 45.1 Å². The number of carbonyl (C=O) groups excluding carboxylic acids is 1. The molecule has 1 amide bonds. The highest BCUT2D eigenvalue weighted by molar-refractivity contribution is 5.91. The first-order valence-electron chi connectivity index (χ1n) is 8.88. The molecular weight excluding hydrogens is 316 g/mol. The molecule has 1 aromatic carbocycles. The van der Waals surface area contributed by atoms with Crippen LogP contribution in [0.5, 0.6) is 0 Å². The van der Waals surface area contributed by atoms with E-state index in [9.17, 15) is 9.59 Å². The van der Waals surface area contributed by atoms with Crippen molar-refractivity contribution in [3.05, 3.63) is 46.4 Å². The van der Waals surface area contributed by atoms with Crippen molar-refractivity contribution < 1.29 is 4.79 Å². The molecule has 1 aliphatic carbocycles. The van der Waals surface area contributed by atoms with Gasteiger partial charge in [0.05, 0.1) is 11.4 Å². The Labute approximate surface area is 147 Å². The number of carbonyl (C=O) groups is 1. The molecule has 0 saturated heterocycles. The largest absolute Gasteiger partial charge is 0.327 e. The zero-order chi connectivity index (χ0) is 18.0. The number of nitrogens with one attached hydrogen (secondary N) is 1. The van der Waals surface area contributed by atoms with Gasteiger partial charge < -0.3 is 11.1 Å². The molecule has 0 radical (unpaired) electrons. The second kappa shape index (κ2) is 7.27. The smallest absolute Gasteiger partial charge is 0.295 e. The summed E-state index contributed by atoms with van der Waals surface area (Å²) in [6.07, 6.45) is 4.59. The van der Waals surface area contributed by atoms with Gasteiger partial charge in [-0.1, -0.05) is 31.0 Å². The molecule has 6 heteroatoms. The Bertz CT molecular complexity index is 807. The Hall–Kier alpha value is -2.34. The molecule has 134 valence electrons. The second-order valence-electron chi connectivity index (χ2n) is 6.90. The van der Waals surface area contributed by atoms with Gasteiger partial charge in [0.1, 0.15) is 5.69 Å². The van der Waals surface area contributed by atoms with Crippen LogP contribution in [0.25, 0.3) is 5.69 Å². The van der Waals surface area contributed by atoms with Gasteiger partial charge >= 0.3 is 0 Å². The summed E-state index contributed by atoms with van der Waals surface area (Å²) in [6, 6.07) is 9.48. The predicted molar refractivity (Wildman–Crippen MR) is 98.9 cm³/mol. The van der Waals surface area contributed by atoms with Crippen LogP contribution in [0.2, 0.25) is 0 Å². The number of benzene rings is 1. The van der Waals surface area contributed by atoms with E-state index in [0.717, 1.165) is 37.1 Å². The molecule has 1 aromatic heterocycles.